The molecule has 4 rings (SSSR count). The Morgan fingerprint density at radius 2 is 2.11 bits per heavy atom. The Balaban J connectivity index is 1.83. The first-order chi connectivity index (χ1) is 12.9. The van der Waals surface area contributed by atoms with Gasteiger partial charge in [0.05, 0.1) is 10.4 Å². The van der Waals surface area contributed by atoms with E-state index in [1.807, 2.05) is 31.2 Å². The molecule has 0 aliphatic carbocycles. The average molecular weight is 385 g/mol. The van der Waals surface area contributed by atoms with Crippen molar-refractivity contribution in [2.45, 2.75) is 26.3 Å². The zero-order chi connectivity index (χ0) is 19.1. The van der Waals surface area contributed by atoms with Crippen LogP contribution < -0.4 is 10.9 Å². The minimum absolute atomic E-state index is 0.0928. The highest BCUT2D eigenvalue weighted by molar-refractivity contribution is 6.30. The Hall–Kier alpha value is -2.93. The van der Waals surface area contributed by atoms with Crippen LogP contribution in [0.5, 0.6) is 0 Å². The summed E-state index contributed by atoms with van der Waals surface area (Å²) in [6.07, 6.45) is 0.931. The Morgan fingerprint density at radius 3 is 2.89 bits per heavy atom. The summed E-state index contributed by atoms with van der Waals surface area (Å²) in [5.41, 5.74) is 2.54. The average Bonchev–Trinajstić information content (AvgIpc) is 2.64. The fourth-order valence-corrected chi connectivity index (χ4v) is 3.66. The number of nitrogens with zero attached hydrogens (tertiary/aromatic N) is 3. The molecule has 0 unspecified atom stereocenters. The van der Waals surface area contributed by atoms with Gasteiger partial charge in [0.15, 0.2) is 5.82 Å². The Labute approximate surface area is 159 Å². The van der Waals surface area contributed by atoms with Crippen molar-refractivity contribution in [2.24, 2.45) is 0 Å². The monoisotopic (exact) mass is 384 g/mol. The second kappa shape index (κ2) is 6.66. The van der Waals surface area contributed by atoms with Crippen molar-refractivity contribution in [2.75, 3.05) is 11.9 Å². The Morgan fingerprint density at radius 1 is 1.30 bits per heavy atom. The van der Waals surface area contributed by atoms with Gasteiger partial charge in [-0.15, -0.1) is 0 Å². The number of pyridine rings is 2. The first-order valence-corrected chi connectivity index (χ1v) is 9.02. The summed E-state index contributed by atoms with van der Waals surface area (Å²) < 4.78 is 1.45. The van der Waals surface area contributed by atoms with E-state index in [0.29, 0.717) is 29.4 Å². The fourth-order valence-electron chi connectivity index (χ4n) is 3.44. The third-order valence-corrected chi connectivity index (χ3v) is 5.10. The number of nitrogens with one attached hydrogen (secondary N) is 1. The highest BCUT2D eigenvalue weighted by Crippen LogP contribution is 2.28. The third-order valence-electron chi connectivity index (χ3n) is 4.77. The molecule has 3 heterocycles. The number of fused-ring (bicyclic) bond motifs is 2. The lowest BCUT2D eigenvalue weighted by molar-refractivity contribution is -0.384. The highest BCUT2D eigenvalue weighted by Gasteiger charge is 2.25. The van der Waals surface area contributed by atoms with Crippen LogP contribution >= 0.6 is 11.6 Å². The van der Waals surface area contributed by atoms with Crippen molar-refractivity contribution >= 4 is 34.0 Å². The Bertz CT molecular complexity index is 1140. The SMILES string of the molecule is Cc1ccc2cc(Cc3cc([N+](=O)[O-])c4n(c3=O)CCCN4)c(Cl)nc2c1. The van der Waals surface area contributed by atoms with Crippen LogP contribution in [0.2, 0.25) is 5.15 Å². The standard InChI is InChI=1S/C19H17ClN4O3/c1-11-3-4-12-8-13(17(20)22-15(12)7-11)9-14-10-16(24(26)27)18-21-5-2-6-23(18)19(14)25/h3-4,7-8,10,21H,2,5-6,9H2,1H3. The van der Waals surface area contributed by atoms with Gasteiger partial charge in [-0.2, -0.15) is 0 Å². The third kappa shape index (κ3) is 3.14. The van der Waals surface area contributed by atoms with Gasteiger partial charge in [0.1, 0.15) is 5.15 Å². The highest BCUT2D eigenvalue weighted by atomic mass is 35.5. The molecule has 0 saturated heterocycles. The van der Waals surface area contributed by atoms with Crippen LogP contribution in [0.25, 0.3) is 10.9 Å². The molecule has 1 aliphatic rings. The molecule has 3 aromatic rings. The summed E-state index contributed by atoms with van der Waals surface area (Å²) in [6.45, 7) is 3.04. The lowest BCUT2D eigenvalue weighted by atomic mass is 10.0. The fraction of sp³-hybridized carbons (Fsp3) is 0.263. The molecule has 1 aromatic carbocycles. The predicted octanol–water partition coefficient (Wildman–Crippen LogP) is 3.67. The van der Waals surface area contributed by atoms with E-state index in [4.69, 9.17) is 11.6 Å². The molecule has 0 atom stereocenters. The van der Waals surface area contributed by atoms with E-state index < -0.39 is 4.92 Å². The molecule has 0 amide bonds. The first-order valence-electron chi connectivity index (χ1n) is 8.65. The van der Waals surface area contributed by atoms with E-state index in [2.05, 4.69) is 10.3 Å². The molecule has 2 aromatic heterocycles. The summed E-state index contributed by atoms with van der Waals surface area (Å²) in [4.78, 5) is 28.3. The molecule has 0 radical (unpaired) electrons. The molecule has 0 spiro atoms. The van der Waals surface area contributed by atoms with Crippen molar-refractivity contribution in [3.63, 3.8) is 0 Å². The molecule has 0 saturated carbocycles. The summed E-state index contributed by atoms with van der Waals surface area (Å²) >= 11 is 6.34. The number of hydrogen-bond acceptors (Lipinski definition) is 5. The number of anilines is 1. The normalized spacial score (nSPS) is 13.3. The van der Waals surface area contributed by atoms with E-state index in [1.54, 1.807) is 0 Å². The molecule has 8 heteroatoms. The zero-order valence-corrected chi connectivity index (χ0v) is 15.4. The summed E-state index contributed by atoms with van der Waals surface area (Å²) in [5, 5.41) is 15.7. The molecule has 1 N–H and O–H groups in total. The summed E-state index contributed by atoms with van der Waals surface area (Å²) in [7, 11) is 0. The van der Waals surface area contributed by atoms with Gasteiger partial charge >= 0.3 is 5.69 Å². The van der Waals surface area contributed by atoms with Crippen LogP contribution in [-0.4, -0.2) is 21.0 Å². The van der Waals surface area contributed by atoms with Crippen LogP contribution in [-0.2, 0) is 13.0 Å². The lowest BCUT2D eigenvalue weighted by Crippen LogP contribution is -2.32. The van der Waals surface area contributed by atoms with Gasteiger partial charge in [0.25, 0.3) is 5.56 Å². The van der Waals surface area contributed by atoms with Crippen molar-refractivity contribution in [3.8, 4) is 0 Å². The van der Waals surface area contributed by atoms with E-state index in [9.17, 15) is 14.9 Å². The second-order valence-corrected chi connectivity index (χ2v) is 7.07. The molecular formula is C19H17ClN4O3. The number of aromatic nitrogens is 2. The van der Waals surface area contributed by atoms with Gasteiger partial charge in [-0.05, 0) is 36.6 Å². The molecule has 0 bridgehead atoms. The van der Waals surface area contributed by atoms with Crippen LogP contribution in [0.15, 0.2) is 35.1 Å². The van der Waals surface area contributed by atoms with Gasteiger partial charge in [-0.25, -0.2) is 4.98 Å². The molecule has 27 heavy (non-hydrogen) atoms. The molecule has 138 valence electrons. The maximum Gasteiger partial charge on any atom is 0.310 e. The van der Waals surface area contributed by atoms with Gasteiger partial charge in [0, 0.05) is 36.5 Å². The van der Waals surface area contributed by atoms with Crippen LogP contribution in [0.3, 0.4) is 0 Å². The van der Waals surface area contributed by atoms with Gasteiger partial charge in [-0.3, -0.25) is 19.5 Å². The van der Waals surface area contributed by atoms with Crippen molar-refractivity contribution in [1.82, 2.24) is 9.55 Å². The van der Waals surface area contributed by atoms with Gasteiger partial charge < -0.3 is 5.32 Å². The summed E-state index contributed by atoms with van der Waals surface area (Å²) in [6, 6.07) is 9.10. The first kappa shape index (κ1) is 17.5. The van der Waals surface area contributed by atoms with E-state index in [1.165, 1.54) is 10.6 Å². The van der Waals surface area contributed by atoms with Gasteiger partial charge in [-0.1, -0.05) is 23.7 Å². The predicted molar refractivity (Wildman–Crippen MR) is 105 cm³/mol. The zero-order valence-electron chi connectivity index (χ0n) is 14.7. The van der Waals surface area contributed by atoms with Crippen LogP contribution in [0.1, 0.15) is 23.1 Å². The topological polar surface area (TPSA) is 90.1 Å². The molecule has 7 nitrogen and oxygen atoms in total. The van der Waals surface area contributed by atoms with Crippen LogP contribution in [0, 0.1) is 17.0 Å². The van der Waals surface area contributed by atoms with Gasteiger partial charge in [0.2, 0.25) is 0 Å². The number of rotatable bonds is 3. The number of benzene rings is 1. The van der Waals surface area contributed by atoms with Crippen molar-refractivity contribution in [1.29, 1.82) is 0 Å². The smallest absolute Gasteiger partial charge is 0.310 e. The minimum atomic E-state index is -0.462. The number of halogens is 1. The van der Waals surface area contributed by atoms with E-state index in [0.717, 1.165) is 22.9 Å². The maximum atomic E-state index is 12.8. The second-order valence-electron chi connectivity index (χ2n) is 6.71. The van der Waals surface area contributed by atoms with E-state index in [-0.39, 0.29) is 23.5 Å². The minimum Gasteiger partial charge on any atom is -0.366 e. The van der Waals surface area contributed by atoms with Crippen molar-refractivity contribution < 1.29 is 4.92 Å². The largest absolute Gasteiger partial charge is 0.366 e. The van der Waals surface area contributed by atoms with Crippen LogP contribution in [0.4, 0.5) is 11.5 Å². The number of nitro groups is 1. The number of hydrogen-bond donors (Lipinski definition) is 1. The molecule has 0 fully saturated rings. The number of aryl methyl sites for hydroxylation is 1. The van der Waals surface area contributed by atoms with Crippen molar-refractivity contribution in [3.05, 3.63) is 72.6 Å². The molecule has 1 aliphatic heterocycles. The lowest BCUT2D eigenvalue weighted by Gasteiger charge is -2.20. The molecular weight excluding hydrogens is 368 g/mol. The summed E-state index contributed by atoms with van der Waals surface area (Å²) in [5.74, 6) is 0.276. The Kier molecular flexibility index (Phi) is 4.31. The van der Waals surface area contributed by atoms with E-state index >= 15 is 0 Å². The quantitative estimate of drug-likeness (QED) is 0.422. The maximum absolute atomic E-state index is 12.8.